The molecule has 1 atom stereocenters. The molecule has 27 heavy (non-hydrogen) atoms. The Morgan fingerprint density at radius 3 is 2.52 bits per heavy atom. The zero-order valence-electron chi connectivity index (χ0n) is 15.4. The summed E-state index contributed by atoms with van der Waals surface area (Å²) in [4.78, 5) is 12.9. The van der Waals surface area contributed by atoms with Gasteiger partial charge in [-0.05, 0) is 68.1 Å². The molecule has 1 heterocycles. The van der Waals surface area contributed by atoms with Gasteiger partial charge in [-0.1, -0.05) is 18.6 Å². The van der Waals surface area contributed by atoms with Crippen LogP contribution in [0.1, 0.15) is 30.4 Å². The number of sulfonamides is 1. The van der Waals surface area contributed by atoms with Crippen LogP contribution in [-0.4, -0.2) is 31.2 Å². The number of aryl methyl sites for hydroxylation is 2. The number of halogens is 1. The van der Waals surface area contributed by atoms with E-state index in [0.717, 1.165) is 29.7 Å². The molecule has 0 radical (unpaired) electrons. The van der Waals surface area contributed by atoms with E-state index in [1.807, 2.05) is 32.0 Å². The molecule has 2 aromatic rings. The fraction of sp³-hybridized carbons (Fsp3) is 0.350. The van der Waals surface area contributed by atoms with Crippen LogP contribution >= 0.6 is 0 Å². The van der Waals surface area contributed by atoms with E-state index in [1.54, 1.807) is 0 Å². The Balaban J connectivity index is 1.87. The Morgan fingerprint density at radius 2 is 1.81 bits per heavy atom. The van der Waals surface area contributed by atoms with E-state index in [-0.39, 0.29) is 17.3 Å². The Labute approximate surface area is 159 Å². The topological polar surface area (TPSA) is 66.5 Å². The smallest absolute Gasteiger partial charge is 0.243 e. The molecule has 1 saturated heterocycles. The first-order valence-corrected chi connectivity index (χ1v) is 10.4. The summed E-state index contributed by atoms with van der Waals surface area (Å²) in [5, 5.41) is 2.88. The Morgan fingerprint density at radius 1 is 1.11 bits per heavy atom. The number of benzene rings is 2. The molecular formula is C20H23FN2O3S. The molecule has 1 N–H and O–H groups in total. The number of nitrogens with zero attached hydrogens (tertiary/aromatic N) is 1. The second-order valence-corrected chi connectivity index (χ2v) is 8.78. The molecule has 7 heteroatoms. The van der Waals surface area contributed by atoms with Crippen LogP contribution in [0, 0.1) is 19.7 Å². The zero-order valence-corrected chi connectivity index (χ0v) is 16.2. The van der Waals surface area contributed by atoms with Gasteiger partial charge in [-0.3, -0.25) is 4.79 Å². The lowest BCUT2D eigenvalue weighted by Crippen LogP contribution is -2.49. The van der Waals surface area contributed by atoms with Crippen molar-refractivity contribution in [3.8, 4) is 0 Å². The van der Waals surface area contributed by atoms with E-state index >= 15 is 0 Å². The second-order valence-electron chi connectivity index (χ2n) is 6.89. The Bertz CT molecular complexity index is 942. The standard InChI is InChI=1S/C20H23FN2O3S/c1-14-6-7-15(2)18(13-14)22-20(24)19-5-3-4-12-23(19)27(25,26)17-10-8-16(21)9-11-17/h6-11,13,19H,3-5,12H2,1-2H3,(H,22,24)/t19-/m1/s1. The number of anilines is 1. The van der Waals surface area contributed by atoms with Crippen LogP contribution in [0.5, 0.6) is 0 Å². The number of hydrogen-bond acceptors (Lipinski definition) is 3. The van der Waals surface area contributed by atoms with Crippen molar-refractivity contribution in [1.29, 1.82) is 0 Å². The number of carbonyl (C=O) groups excluding carboxylic acids is 1. The van der Waals surface area contributed by atoms with Gasteiger partial charge in [0.1, 0.15) is 11.9 Å². The number of amides is 1. The summed E-state index contributed by atoms with van der Waals surface area (Å²) in [6.45, 7) is 4.09. The minimum Gasteiger partial charge on any atom is -0.324 e. The van der Waals surface area contributed by atoms with Crippen molar-refractivity contribution in [3.63, 3.8) is 0 Å². The number of carbonyl (C=O) groups is 1. The predicted octanol–water partition coefficient (Wildman–Crippen LogP) is 3.62. The lowest BCUT2D eigenvalue weighted by Gasteiger charge is -2.33. The summed E-state index contributed by atoms with van der Waals surface area (Å²) in [5.74, 6) is -0.842. The van der Waals surface area contributed by atoms with Gasteiger partial charge in [-0.15, -0.1) is 0 Å². The van der Waals surface area contributed by atoms with E-state index in [1.165, 1.54) is 16.4 Å². The highest BCUT2D eigenvalue weighted by molar-refractivity contribution is 7.89. The van der Waals surface area contributed by atoms with Crippen LogP contribution in [0.15, 0.2) is 47.4 Å². The normalized spacial score (nSPS) is 18.3. The largest absolute Gasteiger partial charge is 0.324 e. The molecule has 0 spiro atoms. The van der Waals surface area contributed by atoms with Gasteiger partial charge in [-0.25, -0.2) is 12.8 Å². The van der Waals surface area contributed by atoms with E-state index in [0.29, 0.717) is 18.5 Å². The van der Waals surface area contributed by atoms with Crippen LogP contribution in [-0.2, 0) is 14.8 Å². The highest BCUT2D eigenvalue weighted by atomic mass is 32.2. The Hall–Kier alpha value is -2.25. The van der Waals surface area contributed by atoms with Crippen LogP contribution in [0.25, 0.3) is 0 Å². The van der Waals surface area contributed by atoms with Crippen LogP contribution in [0.3, 0.4) is 0 Å². The zero-order chi connectivity index (χ0) is 19.6. The first-order chi connectivity index (χ1) is 12.8. The second kappa shape index (κ2) is 7.78. The molecule has 2 aromatic carbocycles. The maximum atomic E-state index is 13.2. The highest BCUT2D eigenvalue weighted by Crippen LogP contribution is 2.27. The summed E-state index contributed by atoms with van der Waals surface area (Å²) in [6.07, 6.45) is 1.92. The molecule has 0 aliphatic carbocycles. The van der Waals surface area contributed by atoms with Gasteiger partial charge < -0.3 is 5.32 Å². The van der Waals surface area contributed by atoms with Crippen molar-refractivity contribution < 1.29 is 17.6 Å². The maximum Gasteiger partial charge on any atom is 0.243 e. The predicted molar refractivity (Wildman–Crippen MR) is 102 cm³/mol. The number of hydrogen-bond donors (Lipinski definition) is 1. The molecule has 144 valence electrons. The SMILES string of the molecule is Cc1ccc(C)c(NC(=O)[C@H]2CCCCN2S(=O)(=O)c2ccc(F)cc2)c1. The fourth-order valence-corrected chi connectivity index (χ4v) is 4.94. The molecule has 0 saturated carbocycles. The minimum atomic E-state index is -3.88. The average molecular weight is 390 g/mol. The van der Waals surface area contributed by atoms with Crippen molar-refractivity contribution in [2.45, 2.75) is 44.0 Å². The summed E-state index contributed by atoms with van der Waals surface area (Å²) in [5.41, 5.74) is 2.61. The summed E-state index contributed by atoms with van der Waals surface area (Å²) < 4.78 is 40.4. The molecule has 0 aromatic heterocycles. The van der Waals surface area contributed by atoms with Crippen molar-refractivity contribution >= 4 is 21.6 Å². The van der Waals surface area contributed by atoms with Gasteiger partial charge in [-0.2, -0.15) is 4.31 Å². The minimum absolute atomic E-state index is 0.00432. The van der Waals surface area contributed by atoms with Gasteiger partial charge in [0.2, 0.25) is 15.9 Å². The van der Waals surface area contributed by atoms with Gasteiger partial charge in [0.15, 0.2) is 0 Å². The lowest BCUT2D eigenvalue weighted by atomic mass is 10.0. The maximum absolute atomic E-state index is 13.2. The van der Waals surface area contributed by atoms with Gasteiger partial charge in [0.05, 0.1) is 4.90 Å². The first-order valence-electron chi connectivity index (χ1n) is 8.94. The summed E-state index contributed by atoms with van der Waals surface area (Å²) >= 11 is 0. The van der Waals surface area contributed by atoms with Crippen LogP contribution in [0.4, 0.5) is 10.1 Å². The highest BCUT2D eigenvalue weighted by Gasteiger charge is 2.37. The third-order valence-corrected chi connectivity index (χ3v) is 6.75. The molecule has 1 aliphatic heterocycles. The molecule has 0 bridgehead atoms. The number of nitrogens with one attached hydrogen (secondary N) is 1. The van der Waals surface area contributed by atoms with Crippen LogP contribution in [0.2, 0.25) is 0 Å². The third-order valence-electron chi connectivity index (χ3n) is 4.83. The Kier molecular flexibility index (Phi) is 5.62. The molecule has 0 unspecified atom stereocenters. The van der Waals surface area contributed by atoms with Crippen molar-refractivity contribution in [2.24, 2.45) is 0 Å². The molecular weight excluding hydrogens is 367 g/mol. The third kappa shape index (κ3) is 4.20. The quantitative estimate of drug-likeness (QED) is 0.867. The van der Waals surface area contributed by atoms with E-state index in [2.05, 4.69) is 5.32 Å². The van der Waals surface area contributed by atoms with Crippen molar-refractivity contribution in [2.75, 3.05) is 11.9 Å². The van der Waals surface area contributed by atoms with Gasteiger partial charge >= 0.3 is 0 Å². The monoisotopic (exact) mass is 390 g/mol. The lowest BCUT2D eigenvalue weighted by molar-refractivity contribution is -0.120. The van der Waals surface area contributed by atoms with E-state index in [4.69, 9.17) is 0 Å². The van der Waals surface area contributed by atoms with E-state index in [9.17, 15) is 17.6 Å². The van der Waals surface area contributed by atoms with E-state index < -0.39 is 21.9 Å². The number of rotatable bonds is 4. The van der Waals surface area contributed by atoms with Crippen LogP contribution < -0.4 is 5.32 Å². The molecule has 1 amide bonds. The fourth-order valence-electron chi connectivity index (χ4n) is 3.28. The summed E-state index contributed by atoms with van der Waals surface area (Å²) in [7, 11) is -3.88. The molecule has 5 nitrogen and oxygen atoms in total. The molecule has 1 aliphatic rings. The molecule has 1 fully saturated rings. The average Bonchev–Trinajstić information content (AvgIpc) is 2.65. The first kappa shape index (κ1) is 19.5. The van der Waals surface area contributed by atoms with Crippen molar-refractivity contribution in [3.05, 3.63) is 59.4 Å². The molecule has 3 rings (SSSR count). The van der Waals surface area contributed by atoms with Crippen molar-refractivity contribution in [1.82, 2.24) is 4.31 Å². The summed E-state index contributed by atoms with van der Waals surface area (Å²) in [6, 6.07) is 9.65. The van der Waals surface area contributed by atoms with Gasteiger partial charge in [0, 0.05) is 12.2 Å². The number of piperidine rings is 1. The van der Waals surface area contributed by atoms with Gasteiger partial charge in [0.25, 0.3) is 0 Å².